The van der Waals surface area contributed by atoms with Crippen LogP contribution in [0.25, 0.3) is 0 Å². The minimum absolute atomic E-state index is 0.192. The van der Waals surface area contributed by atoms with Gasteiger partial charge in [0.25, 0.3) is 0 Å². The molecule has 0 radical (unpaired) electrons. The van der Waals surface area contributed by atoms with Gasteiger partial charge >= 0.3 is 0 Å². The fraction of sp³-hybridized carbons (Fsp3) is 0.235. The van der Waals surface area contributed by atoms with Crippen molar-refractivity contribution in [3.8, 4) is 0 Å². The van der Waals surface area contributed by atoms with Gasteiger partial charge in [0.15, 0.2) is 0 Å². The van der Waals surface area contributed by atoms with E-state index in [0.717, 1.165) is 16.7 Å². The normalized spacial score (nSPS) is 11.9. The summed E-state index contributed by atoms with van der Waals surface area (Å²) in [6, 6.07) is 17.9. The van der Waals surface area contributed by atoms with Gasteiger partial charge in [-0.2, -0.15) is 0 Å². The molecule has 1 unspecified atom stereocenters. The van der Waals surface area contributed by atoms with Crippen molar-refractivity contribution in [2.75, 3.05) is 0 Å². The summed E-state index contributed by atoms with van der Waals surface area (Å²) in [4.78, 5) is 11.5. The zero-order chi connectivity index (χ0) is 15.1. The maximum absolute atomic E-state index is 11.5. The Morgan fingerprint density at radius 1 is 1.05 bits per heavy atom. The molecule has 2 aromatic carbocycles. The van der Waals surface area contributed by atoms with Crippen LogP contribution in [-0.4, -0.2) is 5.91 Å². The first-order chi connectivity index (χ1) is 10.2. The van der Waals surface area contributed by atoms with Crippen LogP contribution in [0.2, 0.25) is 0 Å². The van der Waals surface area contributed by atoms with Crippen molar-refractivity contribution in [3.63, 3.8) is 0 Å². The van der Waals surface area contributed by atoms with Crippen LogP contribution in [0.3, 0.4) is 0 Å². The molecule has 0 aliphatic heterocycles. The molecule has 2 rings (SSSR count). The summed E-state index contributed by atoms with van der Waals surface area (Å²) in [7, 11) is 0. The number of hydrazine groups is 1. The van der Waals surface area contributed by atoms with Gasteiger partial charge in [-0.3, -0.25) is 10.2 Å². The lowest BCUT2D eigenvalue weighted by molar-refractivity contribution is -0.122. The number of benzene rings is 2. The number of nitrogens with one attached hydrogen (secondary N) is 1. The van der Waals surface area contributed by atoms with Gasteiger partial charge in [0.2, 0.25) is 5.91 Å². The molecule has 0 saturated carbocycles. The van der Waals surface area contributed by atoms with Crippen molar-refractivity contribution < 1.29 is 9.53 Å². The van der Waals surface area contributed by atoms with Gasteiger partial charge in [-0.05, 0) is 23.6 Å². The second-order valence-corrected chi connectivity index (χ2v) is 4.95. The Hall–Kier alpha value is -2.17. The zero-order valence-electron chi connectivity index (χ0n) is 12.1. The zero-order valence-corrected chi connectivity index (χ0v) is 12.1. The van der Waals surface area contributed by atoms with Gasteiger partial charge in [-0.15, -0.1) is 0 Å². The van der Waals surface area contributed by atoms with Gasteiger partial charge < -0.3 is 4.74 Å². The fourth-order valence-electron chi connectivity index (χ4n) is 2.04. The molecule has 21 heavy (non-hydrogen) atoms. The van der Waals surface area contributed by atoms with Gasteiger partial charge in [0.05, 0.1) is 19.1 Å². The van der Waals surface area contributed by atoms with Crippen LogP contribution in [-0.2, 0) is 22.7 Å². The number of hydrogen-bond donors (Lipinski definition) is 2. The highest BCUT2D eigenvalue weighted by molar-refractivity contribution is 5.82. The van der Waals surface area contributed by atoms with Gasteiger partial charge in [-0.25, -0.2) is 5.84 Å². The fourth-order valence-corrected chi connectivity index (χ4v) is 2.04. The van der Waals surface area contributed by atoms with Crippen molar-refractivity contribution in [2.24, 2.45) is 5.84 Å². The predicted octanol–water partition coefficient (Wildman–Crippen LogP) is 2.50. The van der Waals surface area contributed by atoms with E-state index >= 15 is 0 Å². The third-order valence-corrected chi connectivity index (χ3v) is 3.40. The molecule has 0 aliphatic carbocycles. The molecule has 0 spiro atoms. The van der Waals surface area contributed by atoms with E-state index in [2.05, 4.69) is 5.43 Å². The summed E-state index contributed by atoms with van der Waals surface area (Å²) in [5.74, 6) is 4.69. The summed E-state index contributed by atoms with van der Waals surface area (Å²) in [6.07, 6.45) is 0. The van der Waals surface area contributed by atoms with Crippen LogP contribution in [0.1, 0.15) is 29.5 Å². The topological polar surface area (TPSA) is 64.4 Å². The molecular formula is C17H20N2O2. The molecule has 0 heterocycles. The molecule has 1 atom stereocenters. The number of nitrogens with two attached hydrogens (primary N) is 1. The first kappa shape index (κ1) is 15.2. The molecule has 0 aromatic heterocycles. The van der Waals surface area contributed by atoms with E-state index in [-0.39, 0.29) is 11.8 Å². The first-order valence-electron chi connectivity index (χ1n) is 6.91. The molecule has 110 valence electrons. The Morgan fingerprint density at radius 2 is 1.62 bits per heavy atom. The summed E-state index contributed by atoms with van der Waals surface area (Å²) in [5.41, 5.74) is 5.34. The van der Waals surface area contributed by atoms with E-state index < -0.39 is 0 Å². The van der Waals surface area contributed by atoms with Crippen LogP contribution >= 0.6 is 0 Å². The highest BCUT2D eigenvalue weighted by Gasteiger charge is 2.13. The molecule has 0 aliphatic rings. The number of hydrogen-bond acceptors (Lipinski definition) is 3. The monoisotopic (exact) mass is 284 g/mol. The van der Waals surface area contributed by atoms with Gasteiger partial charge in [-0.1, -0.05) is 54.6 Å². The largest absolute Gasteiger partial charge is 0.372 e. The molecule has 4 nitrogen and oxygen atoms in total. The quantitative estimate of drug-likeness (QED) is 0.486. The Morgan fingerprint density at radius 3 is 2.19 bits per heavy atom. The standard InChI is InChI=1S/C17H20N2O2/c1-13(17(20)19-18)16-9-7-15(8-10-16)12-21-11-14-5-3-2-4-6-14/h2-10,13H,11-12,18H2,1H3,(H,19,20). The molecule has 3 N–H and O–H groups in total. The van der Waals surface area contributed by atoms with Crippen LogP contribution < -0.4 is 11.3 Å². The molecule has 0 bridgehead atoms. The number of ether oxygens (including phenoxy) is 1. The Balaban J connectivity index is 1.86. The van der Waals surface area contributed by atoms with E-state index in [1.807, 2.05) is 61.5 Å². The lowest BCUT2D eigenvalue weighted by atomic mass is 9.99. The first-order valence-corrected chi connectivity index (χ1v) is 6.91. The number of rotatable bonds is 6. The maximum Gasteiger partial charge on any atom is 0.241 e. The lowest BCUT2D eigenvalue weighted by Crippen LogP contribution is -2.33. The SMILES string of the molecule is CC(C(=O)NN)c1ccc(COCc2ccccc2)cc1. The van der Waals surface area contributed by atoms with Crippen molar-refractivity contribution in [2.45, 2.75) is 26.1 Å². The van der Waals surface area contributed by atoms with Gasteiger partial charge in [0.1, 0.15) is 0 Å². The van der Waals surface area contributed by atoms with Crippen molar-refractivity contribution >= 4 is 5.91 Å². The average Bonchev–Trinajstić information content (AvgIpc) is 2.55. The van der Waals surface area contributed by atoms with Crippen LogP contribution in [0.5, 0.6) is 0 Å². The number of carbonyl (C=O) groups excluding carboxylic acids is 1. The third kappa shape index (κ3) is 4.41. The number of carbonyl (C=O) groups is 1. The van der Waals surface area contributed by atoms with Crippen LogP contribution in [0, 0.1) is 0 Å². The van der Waals surface area contributed by atoms with E-state index in [0.29, 0.717) is 13.2 Å². The summed E-state index contributed by atoms with van der Waals surface area (Å²) >= 11 is 0. The Bertz CT molecular complexity index is 567. The molecule has 2 aromatic rings. The van der Waals surface area contributed by atoms with Crippen molar-refractivity contribution in [1.29, 1.82) is 0 Å². The molecule has 0 fully saturated rings. The average molecular weight is 284 g/mol. The van der Waals surface area contributed by atoms with Crippen molar-refractivity contribution in [3.05, 3.63) is 71.3 Å². The van der Waals surface area contributed by atoms with Crippen molar-refractivity contribution in [1.82, 2.24) is 5.43 Å². The van der Waals surface area contributed by atoms with Gasteiger partial charge in [0, 0.05) is 0 Å². The van der Waals surface area contributed by atoms with E-state index in [1.54, 1.807) is 0 Å². The maximum atomic E-state index is 11.5. The lowest BCUT2D eigenvalue weighted by Gasteiger charge is -2.11. The van der Waals surface area contributed by atoms with E-state index in [1.165, 1.54) is 0 Å². The third-order valence-electron chi connectivity index (χ3n) is 3.40. The summed E-state index contributed by atoms with van der Waals surface area (Å²) in [6.45, 7) is 2.96. The second-order valence-electron chi connectivity index (χ2n) is 4.95. The highest BCUT2D eigenvalue weighted by atomic mass is 16.5. The predicted molar refractivity (Wildman–Crippen MR) is 82.1 cm³/mol. The smallest absolute Gasteiger partial charge is 0.241 e. The summed E-state index contributed by atoms with van der Waals surface area (Å²) in [5, 5.41) is 0. The molecule has 0 saturated heterocycles. The molecular weight excluding hydrogens is 264 g/mol. The van der Waals surface area contributed by atoms with E-state index in [4.69, 9.17) is 10.6 Å². The number of amides is 1. The van der Waals surface area contributed by atoms with Crippen LogP contribution in [0.15, 0.2) is 54.6 Å². The second kappa shape index (κ2) is 7.57. The minimum atomic E-state index is -0.255. The summed E-state index contributed by atoms with van der Waals surface area (Å²) < 4.78 is 5.68. The van der Waals surface area contributed by atoms with Crippen LogP contribution in [0.4, 0.5) is 0 Å². The Labute approximate surface area is 124 Å². The van der Waals surface area contributed by atoms with E-state index in [9.17, 15) is 4.79 Å². The highest BCUT2D eigenvalue weighted by Crippen LogP contribution is 2.16. The Kier molecular flexibility index (Phi) is 5.49. The minimum Gasteiger partial charge on any atom is -0.372 e. The molecule has 1 amide bonds. The molecule has 4 heteroatoms.